The number of benzene rings is 3. The first-order valence-corrected chi connectivity index (χ1v) is 11.8. The second kappa shape index (κ2) is 9.00. The lowest BCUT2D eigenvalue weighted by atomic mass is 10.0. The molecule has 0 unspecified atom stereocenters. The van der Waals surface area contributed by atoms with Crippen molar-refractivity contribution in [3.63, 3.8) is 0 Å². The first-order valence-electron chi connectivity index (χ1n) is 11.0. The number of fused-ring (bicyclic) bond motifs is 2. The Kier molecular flexibility index (Phi) is 5.75. The van der Waals surface area contributed by atoms with Gasteiger partial charge in [-0.1, -0.05) is 65.9 Å². The highest BCUT2D eigenvalue weighted by molar-refractivity contribution is 7.16. The van der Waals surface area contributed by atoms with Crippen molar-refractivity contribution < 1.29 is 9.53 Å². The maximum atomic E-state index is 13.5. The fraction of sp³-hybridized carbons (Fsp3) is 0.148. The van der Waals surface area contributed by atoms with Crippen LogP contribution in [0.3, 0.4) is 0 Å². The van der Waals surface area contributed by atoms with Crippen LogP contribution in [0.25, 0.3) is 32.4 Å². The van der Waals surface area contributed by atoms with E-state index in [0.29, 0.717) is 23.5 Å². The zero-order valence-electron chi connectivity index (χ0n) is 18.5. The molecule has 0 N–H and O–H groups in total. The molecule has 0 saturated heterocycles. The van der Waals surface area contributed by atoms with Crippen molar-refractivity contribution in [3.05, 3.63) is 89.2 Å². The molecule has 0 fully saturated rings. The Morgan fingerprint density at radius 3 is 2.58 bits per heavy atom. The van der Waals surface area contributed by atoms with Gasteiger partial charge in [0.1, 0.15) is 11.3 Å². The van der Waals surface area contributed by atoms with Crippen molar-refractivity contribution in [2.75, 3.05) is 6.61 Å². The third-order valence-electron chi connectivity index (χ3n) is 5.49. The second-order valence-electron chi connectivity index (χ2n) is 7.52. The lowest BCUT2D eigenvalue weighted by Gasteiger charge is -2.08. The summed E-state index contributed by atoms with van der Waals surface area (Å²) in [6.07, 6.45) is 0. The maximum absolute atomic E-state index is 13.5. The Bertz CT molecular complexity index is 1530. The highest BCUT2D eigenvalue weighted by atomic mass is 32.1. The maximum Gasteiger partial charge on any atom is 0.280 e. The van der Waals surface area contributed by atoms with Gasteiger partial charge in [-0.3, -0.25) is 4.79 Å². The molecule has 0 atom stereocenters. The van der Waals surface area contributed by atoms with E-state index in [2.05, 4.69) is 4.99 Å². The van der Waals surface area contributed by atoms with Gasteiger partial charge in [0.2, 0.25) is 0 Å². The molecule has 5 aromatic rings. The van der Waals surface area contributed by atoms with Crippen molar-refractivity contribution in [3.8, 4) is 17.0 Å². The van der Waals surface area contributed by atoms with Crippen LogP contribution in [0.5, 0.6) is 5.75 Å². The number of nitrogens with zero attached hydrogens (tertiary/aromatic N) is 3. The highest BCUT2D eigenvalue weighted by Crippen LogP contribution is 2.28. The number of hydrogen-bond acceptors (Lipinski definition) is 4. The average Bonchev–Trinajstić information content (AvgIpc) is 3.21. The van der Waals surface area contributed by atoms with Gasteiger partial charge in [0.15, 0.2) is 4.80 Å². The molecule has 3 aromatic carbocycles. The topological polar surface area (TPSA) is 56.5 Å². The molecular weight excluding hydrogens is 430 g/mol. The molecular formula is C27H23N3O2S. The van der Waals surface area contributed by atoms with Crippen LogP contribution in [-0.2, 0) is 6.54 Å². The summed E-state index contributed by atoms with van der Waals surface area (Å²) in [7, 11) is 0. The number of amides is 1. The predicted octanol–water partition coefficient (Wildman–Crippen LogP) is 6.08. The van der Waals surface area contributed by atoms with Crippen molar-refractivity contribution in [2.45, 2.75) is 20.4 Å². The molecule has 0 aliphatic rings. The van der Waals surface area contributed by atoms with E-state index >= 15 is 0 Å². The van der Waals surface area contributed by atoms with E-state index in [-0.39, 0.29) is 5.91 Å². The fourth-order valence-corrected chi connectivity index (χ4v) is 5.11. The third kappa shape index (κ3) is 3.94. The molecule has 0 aliphatic heterocycles. The SMILES string of the molecule is CCOc1cccc2sc(=NC(=O)c3cc(-c4ccccc4)nc4ccccc34)n(CC)c12. The van der Waals surface area contributed by atoms with Gasteiger partial charge in [0.25, 0.3) is 5.91 Å². The van der Waals surface area contributed by atoms with E-state index < -0.39 is 0 Å². The Morgan fingerprint density at radius 2 is 1.79 bits per heavy atom. The molecule has 0 saturated carbocycles. The molecule has 164 valence electrons. The number of aromatic nitrogens is 2. The standard InChI is InChI=1S/C27H23N3O2S/c1-3-30-25-23(32-4-2)15-10-16-24(25)33-27(30)29-26(31)20-17-22(18-11-6-5-7-12-18)28-21-14-9-8-13-19(20)21/h5-17H,3-4H2,1-2H3. The van der Waals surface area contributed by atoms with Crippen molar-refractivity contribution in [2.24, 2.45) is 4.99 Å². The summed E-state index contributed by atoms with van der Waals surface area (Å²) < 4.78 is 8.92. The zero-order chi connectivity index (χ0) is 22.8. The van der Waals surface area contributed by atoms with Crippen molar-refractivity contribution in [1.29, 1.82) is 0 Å². The molecule has 33 heavy (non-hydrogen) atoms. The molecule has 6 heteroatoms. The van der Waals surface area contributed by atoms with Crippen LogP contribution < -0.4 is 9.54 Å². The van der Waals surface area contributed by atoms with Crippen LogP contribution in [0.1, 0.15) is 24.2 Å². The first kappa shape index (κ1) is 21.1. The summed E-state index contributed by atoms with van der Waals surface area (Å²) in [6.45, 7) is 5.28. The molecule has 0 spiro atoms. The highest BCUT2D eigenvalue weighted by Gasteiger charge is 2.16. The zero-order valence-corrected chi connectivity index (χ0v) is 19.3. The number of carbonyl (C=O) groups excluding carboxylic acids is 1. The number of ether oxygens (including phenoxy) is 1. The first-order chi connectivity index (χ1) is 16.2. The van der Waals surface area contributed by atoms with Gasteiger partial charge in [-0.15, -0.1) is 0 Å². The molecule has 2 heterocycles. The predicted molar refractivity (Wildman–Crippen MR) is 134 cm³/mol. The summed E-state index contributed by atoms with van der Waals surface area (Å²) in [6, 6.07) is 25.4. The van der Waals surface area contributed by atoms with E-state index in [1.54, 1.807) is 0 Å². The normalized spacial score (nSPS) is 11.9. The summed E-state index contributed by atoms with van der Waals surface area (Å²) in [5.41, 5.74) is 4.01. The average molecular weight is 454 g/mol. The number of rotatable bonds is 5. The van der Waals surface area contributed by atoms with Crippen LogP contribution in [0.2, 0.25) is 0 Å². The number of para-hydroxylation sites is 2. The van der Waals surface area contributed by atoms with Gasteiger partial charge in [0.05, 0.1) is 28.1 Å². The van der Waals surface area contributed by atoms with E-state index in [0.717, 1.165) is 38.1 Å². The smallest absolute Gasteiger partial charge is 0.280 e. The third-order valence-corrected chi connectivity index (χ3v) is 6.54. The van der Waals surface area contributed by atoms with Crippen LogP contribution in [0.4, 0.5) is 0 Å². The van der Waals surface area contributed by atoms with Crippen LogP contribution in [-0.4, -0.2) is 22.1 Å². The van der Waals surface area contributed by atoms with Crippen LogP contribution in [0, 0.1) is 0 Å². The van der Waals surface area contributed by atoms with Gasteiger partial charge >= 0.3 is 0 Å². The van der Waals surface area contributed by atoms with Gasteiger partial charge < -0.3 is 9.30 Å². The van der Waals surface area contributed by atoms with Crippen molar-refractivity contribution >= 4 is 38.4 Å². The van der Waals surface area contributed by atoms with Gasteiger partial charge in [0, 0.05) is 17.5 Å². The van der Waals surface area contributed by atoms with Crippen LogP contribution >= 0.6 is 11.3 Å². The molecule has 0 bridgehead atoms. The van der Waals surface area contributed by atoms with E-state index in [9.17, 15) is 4.79 Å². The Hall–Kier alpha value is -3.77. The molecule has 1 amide bonds. The quantitative estimate of drug-likeness (QED) is 0.324. The fourth-order valence-electron chi connectivity index (χ4n) is 4.00. The lowest BCUT2D eigenvalue weighted by Crippen LogP contribution is -2.16. The summed E-state index contributed by atoms with van der Waals surface area (Å²) in [5.74, 6) is 0.528. The number of pyridine rings is 1. The van der Waals surface area contributed by atoms with Crippen LogP contribution in [0.15, 0.2) is 83.9 Å². The summed E-state index contributed by atoms with van der Waals surface area (Å²) >= 11 is 1.50. The van der Waals surface area contributed by atoms with Gasteiger partial charge in [-0.25, -0.2) is 4.98 Å². The Balaban J connectivity index is 1.70. The number of thiazole rings is 1. The second-order valence-corrected chi connectivity index (χ2v) is 8.53. The number of aryl methyl sites for hydroxylation is 1. The minimum Gasteiger partial charge on any atom is -0.492 e. The molecule has 2 aromatic heterocycles. The number of carbonyl (C=O) groups is 1. The summed E-state index contributed by atoms with van der Waals surface area (Å²) in [4.78, 5) is 23.6. The van der Waals surface area contributed by atoms with E-state index in [4.69, 9.17) is 9.72 Å². The minimum atomic E-state index is -0.280. The molecule has 0 aliphatic carbocycles. The lowest BCUT2D eigenvalue weighted by molar-refractivity contribution is 0.0999. The van der Waals surface area contributed by atoms with E-state index in [1.165, 1.54) is 11.3 Å². The Morgan fingerprint density at radius 1 is 1.00 bits per heavy atom. The largest absolute Gasteiger partial charge is 0.492 e. The number of hydrogen-bond donors (Lipinski definition) is 0. The molecule has 5 nitrogen and oxygen atoms in total. The Labute approximate surface area is 195 Å². The minimum absolute atomic E-state index is 0.280. The molecule has 5 rings (SSSR count). The van der Waals surface area contributed by atoms with Gasteiger partial charge in [-0.05, 0) is 38.1 Å². The monoisotopic (exact) mass is 453 g/mol. The summed E-state index contributed by atoms with van der Waals surface area (Å²) in [5, 5.41) is 0.796. The van der Waals surface area contributed by atoms with E-state index in [1.807, 2.05) is 97.3 Å². The molecule has 0 radical (unpaired) electrons. The van der Waals surface area contributed by atoms with Crippen molar-refractivity contribution in [1.82, 2.24) is 9.55 Å². The van der Waals surface area contributed by atoms with Gasteiger partial charge in [-0.2, -0.15) is 4.99 Å².